The molecule has 1 aromatic rings. The number of aldehydes is 1. The minimum Gasteiger partial charge on any atom is -0.496 e. The Morgan fingerprint density at radius 2 is 2.12 bits per heavy atom. The van der Waals surface area contributed by atoms with Gasteiger partial charge in [-0.3, -0.25) is 0 Å². The van der Waals surface area contributed by atoms with Crippen molar-refractivity contribution in [3.05, 3.63) is 29.3 Å². The van der Waals surface area contributed by atoms with Gasteiger partial charge in [-0.1, -0.05) is 19.1 Å². The average Bonchev–Trinajstić information content (AvgIpc) is 2.29. The minimum absolute atomic E-state index is 0.152. The van der Waals surface area contributed by atoms with E-state index in [2.05, 4.69) is 0 Å². The van der Waals surface area contributed by atoms with Crippen LogP contribution in [0.5, 0.6) is 5.75 Å². The molecule has 0 aliphatic heterocycles. The molecule has 16 heavy (non-hydrogen) atoms. The van der Waals surface area contributed by atoms with Crippen molar-refractivity contribution < 1.29 is 14.3 Å². The van der Waals surface area contributed by atoms with Gasteiger partial charge in [0.15, 0.2) is 0 Å². The zero-order chi connectivity index (χ0) is 12.0. The summed E-state index contributed by atoms with van der Waals surface area (Å²) in [6.07, 6.45) is 1.44. The van der Waals surface area contributed by atoms with Gasteiger partial charge in [-0.2, -0.15) is 0 Å². The molecule has 0 saturated carbocycles. The summed E-state index contributed by atoms with van der Waals surface area (Å²) in [6.45, 7) is 2.56. The molecule has 0 aromatic heterocycles. The number of benzene rings is 1. The number of carbonyl (C=O) groups is 1. The highest BCUT2D eigenvalue weighted by atomic mass is 16.5. The van der Waals surface area contributed by atoms with E-state index in [1.807, 2.05) is 25.1 Å². The Labute approximate surface area is 96.4 Å². The lowest BCUT2D eigenvalue weighted by atomic mass is 9.93. The highest BCUT2D eigenvalue weighted by molar-refractivity contribution is 5.54. The molecule has 1 rings (SSSR count). The molecule has 3 nitrogen and oxygen atoms in total. The smallest absolute Gasteiger partial charge is 0.122 e. The monoisotopic (exact) mass is 222 g/mol. The third-order valence-electron chi connectivity index (χ3n) is 2.62. The van der Waals surface area contributed by atoms with Crippen LogP contribution in [-0.2, 0) is 16.1 Å². The van der Waals surface area contributed by atoms with Crippen LogP contribution < -0.4 is 4.74 Å². The minimum atomic E-state index is 0.152. The van der Waals surface area contributed by atoms with Gasteiger partial charge in [-0.15, -0.1) is 0 Å². The number of ether oxygens (including phenoxy) is 2. The molecule has 0 heterocycles. The van der Waals surface area contributed by atoms with Crippen molar-refractivity contribution in [1.29, 1.82) is 0 Å². The fourth-order valence-corrected chi connectivity index (χ4v) is 1.87. The summed E-state index contributed by atoms with van der Waals surface area (Å²) in [7, 11) is 3.30. The fourth-order valence-electron chi connectivity index (χ4n) is 1.87. The molecule has 0 amide bonds. The van der Waals surface area contributed by atoms with Crippen LogP contribution in [0.2, 0.25) is 0 Å². The van der Waals surface area contributed by atoms with Crippen molar-refractivity contribution in [2.45, 2.75) is 25.9 Å². The summed E-state index contributed by atoms with van der Waals surface area (Å²) in [5.41, 5.74) is 2.15. The van der Waals surface area contributed by atoms with Crippen LogP contribution in [0.25, 0.3) is 0 Å². The fraction of sp³-hybridized carbons (Fsp3) is 0.462. The molecule has 88 valence electrons. The van der Waals surface area contributed by atoms with Crippen LogP contribution in [0, 0.1) is 0 Å². The van der Waals surface area contributed by atoms with Crippen molar-refractivity contribution in [3.8, 4) is 5.75 Å². The number of rotatable bonds is 6. The lowest BCUT2D eigenvalue weighted by Gasteiger charge is -2.17. The maximum absolute atomic E-state index is 10.6. The van der Waals surface area contributed by atoms with Gasteiger partial charge in [0, 0.05) is 19.1 Å². The number of carbonyl (C=O) groups excluding carboxylic acids is 1. The number of methoxy groups -OCH3 is 2. The third kappa shape index (κ3) is 2.83. The predicted molar refractivity (Wildman–Crippen MR) is 62.8 cm³/mol. The van der Waals surface area contributed by atoms with E-state index in [1.165, 1.54) is 0 Å². The second-order valence-electron chi connectivity index (χ2n) is 3.77. The van der Waals surface area contributed by atoms with Gasteiger partial charge >= 0.3 is 0 Å². The SMILES string of the molecule is COCc1cccc(OC)c1C(C)CC=O. The lowest BCUT2D eigenvalue weighted by Crippen LogP contribution is -2.04. The molecule has 0 fully saturated rings. The van der Waals surface area contributed by atoms with Crippen LogP contribution >= 0.6 is 0 Å². The Balaban J connectivity index is 3.12. The van der Waals surface area contributed by atoms with Crippen molar-refractivity contribution in [2.75, 3.05) is 14.2 Å². The Morgan fingerprint density at radius 1 is 1.38 bits per heavy atom. The largest absolute Gasteiger partial charge is 0.496 e. The third-order valence-corrected chi connectivity index (χ3v) is 2.62. The molecular weight excluding hydrogens is 204 g/mol. The van der Waals surface area contributed by atoms with E-state index < -0.39 is 0 Å². The van der Waals surface area contributed by atoms with E-state index in [4.69, 9.17) is 9.47 Å². The quantitative estimate of drug-likeness (QED) is 0.694. The summed E-state index contributed by atoms with van der Waals surface area (Å²) >= 11 is 0. The van der Waals surface area contributed by atoms with Crippen molar-refractivity contribution >= 4 is 6.29 Å². The molecular formula is C13H18O3. The normalized spacial score (nSPS) is 12.2. The molecule has 0 N–H and O–H groups in total. The van der Waals surface area contributed by atoms with E-state index in [1.54, 1.807) is 14.2 Å². The molecule has 0 radical (unpaired) electrons. The van der Waals surface area contributed by atoms with E-state index in [9.17, 15) is 4.79 Å². The van der Waals surface area contributed by atoms with Crippen LogP contribution in [0.4, 0.5) is 0 Å². The molecule has 0 saturated heterocycles. The molecule has 1 atom stereocenters. The first-order chi connectivity index (χ1) is 7.74. The van der Waals surface area contributed by atoms with E-state index in [0.717, 1.165) is 23.2 Å². The Hall–Kier alpha value is -1.35. The molecule has 0 spiro atoms. The van der Waals surface area contributed by atoms with E-state index >= 15 is 0 Å². The van der Waals surface area contributed by atoms with Crippen LogP contribution in [-0.4, -0.2) is 20.5 Å². The molecule has 0 aliphatic carbocycles. The maximum atomic E-state index is 10.6. The predicted octanol–water partition coefficient (Wildman–Crippen LogP) is 2.53. The summed E-state index contributed by atoms with van der Waals surface area (Å²) in [5.74, 6) is 0.975. The molecule has 3 heteroatoms. The van der Waals surface area contributed by atoms with Gasteiger partial charge in [0.25, 0.3) is 0 Å². The van der Waals surface area contributed by atoms with Gasteiger partial charge in [0.05, 0.1) is 13.7 Å². The zero-order valence-electron chi connectivity index (χ0n) is 10.0. The second kappa shape index (κ2) is 6.28. The van der Waals surface area contributed by atoms with Crippen LogP contribution in [0.1, 0.15) is 30.4 Å². The topological polar surface area (TPSA) is 35.5 Å². The molecule has 0 aliphatic rings. The van der Waals surface area contributed by atoms with E-state index in [0.29, 0.717) is 13.0 Å². The van der Waals surface area contributed by atoms with Crippen LogP contribution in [0.15, 0.2) is 18.2 Å². The van der Waals surface area contributed by atoms with Crippen LogP contribution in [0.3, 0.4) is 0 Å². The Kier molecular flexibility index (Phi) is 4.99. The molecule has 1 aromatic carbocycles. The van der Waals surface area contributed by atoms with Crippen molar-refractivity contribution in [1.82, 2.24) is 0 Å². The maximum Gasteiger partial charge on any atom is 0.122 e. The average molecular weight is 222 g/mol. The first-order valence-corrected chi connectivity index (χ1v) is 5.33. The Morgan fingerprint density at radius 3 is 2.69 bits per heavy atom. The first-order valence-electron chi connectivity index (χ1n) is 5.33. The van der Waals surface area contributed by atoms with E-state index in [-0.39, 0.29) is 5.92 Å². The highest BCUT2D eigenvalue weighted by Gasteiger charge is 2.15. The second-order valence-corrected chi connectivity index (χ2v) is 3.77. The van der Waals surface area contributed by atoms with Gasteiger partial charge in [0.1, 0.15) is 12.0 Å². The molecule has 1 unspecified atom stereocenters. The zero-order valence-corrected chi connectivity index (χ0v) is 10.0. The first kappa shape index (κ1) is 12.7. The standard InChI is InChI=1S/C13H18O3/c1-10(7-8-14)13-11(9-15-2)5-4-6-12(13)16-3/h4-6,8,10H,7,9H2,1-3H3. The van der Waals surface area contributed by atoms with Gasteiger partial charge in [-0.05, 0) is 17.5 Å². The number of hydrogen-bond donors (Lipinski definition) is 0. The highest BCUT2D eigenvalue weighted by Crippen LogP contribution is 2.31. The van der Waals surface area contributed by atoms with Gasteiger partial charge < -0.3 is 14.3 Å². The summed E-state index contributed by atoms with van der Waals surface area (Å²) in [5, 5.41) is 0. The van der Waals surface area contributed by atoms with Crippen molar-refractivity contribution in [3.63, 3.8) is 0 Å². The van der Waals surface area contributed by atoms with Gasteiger partial charge in [-0.25, -0.2) is 0 Å². The summed E-state index contributed by atoms with van der Waals surface area (Å²) < 4.78 is 10.5. The number of hydrogen-bond acceptors (Lipinski definition) is 3. The molecule has 0 bridgehead atoms. The van der Waals surface area contributed by atoms with Crippen molar-refractivity contribution in [2.24, 2.45) is 0 Å². The summed E-state index contributed by atoms with van der Waals surface area (Å²) in [6, 6.07) is 5.85. The Bertz CT molecular complexity index is 347. The lowest BCUT2D eigenvalue weighted by molar-refractivity contribution is -0.108. The van der Waals surface area contributed by atoms with Gasteiger partial charge in [0.2, 0.25) is 0 Å². The summed E-state index contributed by atoms with van der Waals surface area (Å²) in [4.78, 5) is 10.6.